The number of amides is 2. The highest BCUT2D eigenvalue weighted by molar-refractivity contribution is 5.95. The molecule has 0 spiro atoms. The van der Waals surface area contributed by atoms with Gasteiger partial charge in [-0.3, -0.25) is 4.79 Å². The lowest BCUT2D eigenvalue weighted by atomic mass is 10.1. The maximum absolute atomic E-state index is 12.5. The molecule has 1 rings (SSSR count). The van der Waals surface area contributed by atoms with E-state index < -0.39 is 35.2 Å². The highest BCUT2D eigenvalue weighted by Gasteiger charge is 2.31. The van der Waals surface area contributed by atoms with Crippen molar-refractivity contribution >= 4 is 23.8 Å². The molecule has 9 heteroatoms. The van der Waals surface area contributed by atoms with Crippen molar-refractivity contribution in [2.75, 3.05) is 12.4 Å². The van der Waals surface area contributed by atoms with Crippen molar-refractivity contribution in [1.29, 1.82) is 0 Å². The summed E-state index contributed by atoms with van der Waals surface area (Å²) >= 11 is 0. The third kappa shape index (κ3) is 6.58. The average molecular weight is 382 g/mol. The molecule has 0 aromatic carbocycles. The van der Waals surface area contributed by atoms with Gasteiger partial charge in [0.1, 0.15) is 17.2 Å². The van der Waals surface area contributed by atoms with Gasteiger partial charge in [0.2, 0.25) is 5.91 Å². The van der Waals surface area contributed by atoms with Crippen LogP contribution in [0.25, 0.3) is 0 Å². The maximum atomic E-state index is 12.5. The van der Waals surface area contributed by atoms with Crippen molar-refractivity contribution in [3.8, 4) is 0 Å². The van der Waals surface area contributed by atoms with Gasteiger partial charge < -0.3 is 24.7 Å². The van der Waals surface area contributed by atoms with E-state index in [1.165, 1.54) is 19.6 Å². The Morgan fingerprint density at radius 2 is 1.85 bits per heavy atom. The molecule has 2 N–H and O–H groups in total. The summed E-state index contributed by atoms with van der Waals surface area (Å²) in [7, 11) is 1.31. The monoisotopic (exact) mass is 382 g/mol. The van der Waals surface area contributed by atoms with Crippen molar-refractivity contribution in [2.45, 2.75) is 71.6 Å². The van der Waals surface area contributed by atoms with Gasteiger partial charge in [-0.15, -0.1) is 0 Å². The Morgan fingerprint density at radius 3 is 2.37 bits per heavy atom. The summed E-state index contributed by atoms with van der Waals surface area (Å²) in [5.74, 6) is -0.582. The summed E-state index contributed by atoms with van der Waals surface area (Å²) in [6.45, 7) is 10.5. The molecule has 1 heterocycles. The molecule has 9 nitrogen and oxygen atoms in total. The number of alkyl carbamates (subject to hydrolysis) is 1. The first-order valence-corrected chi connectivity index (χ1v) is 8.84. The van der Waals surface area contributed by atoms with Crippen LogP contribution in [0.4, 0.5) is 10.6 Å². The fourth-order valence-electron chi connectivity index (χ4n) is 2.27. The Labute approximate surface area is 159 Å². The standard InChI is InChI=1S/C18H30N4O5/c1-8-9-12(20-16(25)27-17(2,3)4)14(23)21-13-10-22(11-19-13)18(5,6)15(24)26-7/h10-12H,8-9H2,1-7H3,(H,20,25)(H,21,23). The lowest BCUT2D eigenvalue weighted by Crippen LogP contribution is -2.45. The molecule has 0 aliphatic heterocycles. The highest BCUT2D eigenvalue weighted by Crippen LogP contribution is 2.19. The van der Waals surface area contributed by atoms with Crippen LogP contribution in [0.5, 0.6) is 0 Å². The summed E-state index contributed by atoms with van der Waals surface area (Å²) in [4.78, 5) is 40.5. The first-order chi connectivity index (χ1) is 12.4. The number of methoxy groups -OCH3 is 1. The number of nitrogens with one attached hydrogen (secondary N) is 2. The van der Waals surface area contributed by atoms with E-state index in [-0.39, 0.29) is 5.82 Å². The van der Waals surface area contributed by atoms with E-state index in [2.05, 4.69) is 15.6 Å². The van der Waals surface area contributed by atoms with E-state index in [9.17, 15) is 14.4 Å². The summed E-state index contributed by atoms with van der Waals surface area (Å²) in [6, 6.07) is -0.761. The molecule has 0 aliphatic carbocycles. The van der Waals surface area contributed by atoms with Crippen LogP contribution in [0, 0.1) is 0 Å². The quantitative estimate of drug-likeness (QED) is 0.701. The van der Waals surface area contributed by atoms with E-state index in [0.717, 1.165) is 0 Å². The van der Waals surface area contributed by atoms with E-state index >= 15 is 0 Å². The van der Waals surface area contributed by atoms with Gasteiger partial charge in [-0.2, -0.15) is 0 Å². The number of imidazole rings is 1. The number of esters is 1. The first-order valence-electron chi connectivity index (χ1n) is 8.84. The Bertz CT molecular complexity index is 676. The van der Waals surface area contributed by atoms with E-state index in [4.69, 9.17) is 9.47 Å². The molecular weight excluding hydrogens is 352 g/mol. The van der Waals surface area contributed by atoms with Gasteiger partial charge in [0, 0.05) is 6.20 Å². The fraction of sp³-hybridized carbons (Fsp3) is 0.667. The number of aromatic nitrogens is 2. The molecule has 1 aromatic heterocycles. The number of carbonyl (C=O) groups excluding carboxylic acids is 3. The predicted molar refractivity (Wildman–Crippen MR) is 100 cm³/mol. The number of hydrogen-bond acceptors (Lipinski definition) is 6. The largest absolute Gasteiger partial charge is 0.467 e. The van der Waals surface area contributed by atoms with Gasteiger partial charge in [-0.1, -0.05) is 13.3 Å². The van der Waals surface area contributed by atoms with Crippen LogP contribution in [-0.4, -0.2) is 46.3 Å². The zero-order valence-electron chi connectivity index (χ0n) is 17.1. The lowest BCUT2D eigenvalue weighted by Gasteiger charge is -2.23. The summed E-state index contributed by atoms with van der Waals surface area (Å²) in [5.41, 5.74) is -1.63. The van der Waals surface area contributed by atoms with Crippen LogP contribution >= 0.6 is 0 Å². The third-order valence-corrected chi connectivity index (χ3v) is 3.75. The number of hydrogen-bond donors (Lipinski definition) is 2. The molecule has 27 heavy (non-hydrogen) atoms. The molecule has 1 unspecified atom stereocenters. The lowest BCUT2D eigenvalue weighted by molar-refractivity contribution is -0.149. The zero-order chi connectivity index (χ0) is 20.8. The predicted octanol–water partition coefficient (Wildman–Crippen LogP) is 2.42. The minimum absolute atomic E-state index is 0.268. The summed E-state index contributed by atoms with van der Waals surface area (Å²) < 4.78 is 11.5. The number of carbonyl (C=O) groups is 3. The normalized spacial score (nSPS) is 12.9. The average Bonchev–Trinajstić information content (AvgIpc) is 3.01. The van der Waals surface area contributed by atoms with Crippen molar-refractivity contribution in [2.24, 2.45) is 0 Å². The van der Waals surface area contributed by atoms with Gasteiger partial charge in [0.15, 0.2) is 5.82 Å². The molecule has 152 valence electrons. The molecule has 1 atom stereocenters. The topological polar surface area (TPSA) is 112 Å². The fourth-order valence-corrected chi connectivity index (χ4v) is 2.27. The van der Waals surface area contributed by atoms with Crippen LogP contribution in [0.2, 0.25) is 0 Å². The maximum Gasteiger partial charge on any atom is 0.408 e. The van der Waals surface area contributed by atoms with E-state index in [1.54, 1.807) is 39.2 Å². The minimum Gasteiger partial charge on any atom is -0.467 e. The van der Waals surface area contributed by atoms with Crippen LogP contribution in [-0.2, 0) is 24.6 Å². The SMILES string of the molecule is CCCC(NC(=O)OC(C)(C)C)C(=O)Nc1cn(C(C)(C)C(=O)OC)cn1. The van der Waals surface area contributed by atoms with Crippen molar-refractivity contribution < 1.29 is 23.9 Å². The Morgan fingerprint density at radius 1 is 1.22 bits per heavy atom. The molecule has 1 aromatic rings. The van der Waals surface area contributed by atoms with Crippen LogP contribution in [0.1, 0.15) is 54.4 Å². The zero-order valence-corrected chi connectivity index (χ0v) is 17.1. The Hall–Kier alpha value is -2.58. The van der Waals surface area contributed by atoms with Gasteiger partial charge >= 0.3 is 12.1 Å². The third-order valence-electron chi connectivity index (χ3n) is 3.75. The van der Waals surface area contributed by atoms with Gasteiger partial charge in [0.25, 0.3) is 0 Å². The second-order valence-electron chi connectivity index (χ2n) is 7.69. The molecule has 0 saturated heterocycles. The number of rotatable bonds is 7. The summed E-state index contributed by atoms with van der Waals surface area (Å²) in [6.07, 6.45) is 3.44. The number of anilines is 1. The molecule has 0 saturated carbocycles. The van der Waals surface area contributed by atoms with Gasteiger partial charge in [-0.25, -0.2) is 14.6 Å². The van der Waals surface area contributed by atoms with Crippen molar-refractivity contribution in [3.05, 3.63) is 12.5 Å². The molecule has 0 fully saturated rings. The van der Waals surface area contributed by atoms with Gasteiger partial charge in [-0.05, 0) is 41.0 Å². The molecule has 0 aliphatic rings. The van der Waals surface area contributed by atoms with Crippen molar-refractivity contribution in [1.82, 2.24) is 14.9 Å². The molecule has 0 radical (unpaired) electrons. The minimum atomic E-state index is -0.970. The molecule has 2 amide bonds. The van der Waals surface area contributed by atoms with Crippen LogP contribution < -0.4 is 10.6 Å². The molecular formula is C18H30N4O5. The summed E-state index contributed by atoms with van der Waals surface area (Å²) in [5, 5.41) is 5.23. The Balaban J connectivity index is 2.82. The van der Waals surface area contributed by atoms with E-state index in [0.29, 0.717) is 12.8 Å². The number of nitrogens with zero attached hydrogens (tertiary/aromatic N) is 2. The second-order valence-corrected chi connectivity index (χ2v) is 7.69. The van der Waals surface area contributed by atoms with Crippen LogP contribution in [0.3, 0.4) is 0 Å². The Kier molecular flexibility index (Phi) is 7.38. The second kappa shape index (κ2) is 8.88. The molecule has 0 bridgehead atoms. The van der Waals surface area contributed by atoms with Crippen molar-refractivity contribution in [3.63, 3.8) is 0 Å². The van der Waals surface area contributed by atoms with E-state index in [1.807, 2.05) is 6.92 Å². The van der Waals surface area contributed by atoms with Gasteiger partial charge in [0.05, 0.1) is 13.4 Å². The first kappa shape index (κ1) is 22.5. The smallest absolute Gasteiger partial charge is 0.408 e. The van der Waals surface area contributed by atoms with Crippen LogP contribution in [0.15, 0.2) is 12.5 Å². The highest BCUT2D eigenvalue weighted by atomic mass is 16.6. The number of ether oxygens (including phenoxy) is 2.